The van der Waals surface area contributed by atoms with Crippen molar-refractivity contribution >= 4 is 40.3 Å². The average Bonchev–Trinajstić information content (AvgIpc) is 2.96. The molecule has 0 saturated heterocycles. The number of oxazole rings is 1. The second-order valence-electron chi connectivity index (χ2n) is 4.84. The molecule has 0 aliphatic rings. The van der Waals surface area contributed by atoms with Crippen LogP contribution in [0.4, 0.5) is 5.69 Å². The summed E-state index contributed by atoms with van der Waals surface area (Å²) in [6.45, 7) is 0. The molecule has 0 radical (unpaired) electrons. The van der Waals surface area contributed by atoms with Crippen LogP contribution in [0.3, 0.4) is 0 Å². The zero-order valence-electron chi connectivity index (χ0n) is 12.2. The molecule has 6 nitrogen and oxygen atoms in total. The molecule has 2 N–H and O–H groups in total. The number of amides is 1. The van der Waals surface area contributed by atoms with Gasteiger partial charge in [0.15, 0.2) is 5.58 Å². The fraction of sp³-hybridized carbons (Fsp3) is 0. The van der Waals surface area contributed by atoms with Crippen molar-refractivity contribution in [1.82, 2.24) is 4.98 Å². The second-order valence-corrected chi connectivity index (χ2v) is 5.25. The number of nitrogens with zero attached hydrogens (tertiary/aromatic N) is 1. The predicted molar refractivity (Wildman–Crippen MR) is 89.9 cm³/mol. The van der Waals surface area contributed by atoms with Crippen LogP contribution in [0.5, 0.6) is 0 Å². The molecule has 0 aliphatic carbocycles. The van der Waals surface area contributed by atoms with Crippen LogP contribution in [0.2, 0.25) is 5.02 Å². The molecule has 0 spiro atoms. The van der Waals surface area contributed by atoms with Gasteiger partial charge in [-0.05, 0) is 24.3 Å². The van der Waals surface area contributed by atoms with Crippen LogP contribution in [0.25, 0.3) is 22.6 Å². The fourth-order valence-electron chi connectivity index (χ4n) is 2.08. The Labute approximate surface area is 141 Å². The number of benzene rings is 2. The van der Waals surface area contributed by atoms with Crippen LogP contribution >= 0.6 is 11.6 Å². The summed E-state index contributed by atoms with van der Waals surface area (Å²) in [6.07, 6.45) is 1.69. The van der Waals surface area contributed by atoms with Gasteiger partial charge in [0.1, 0.15) is 5.52 Å². The van der Waals surface area contributed by atoms with E-state index in [0.29, 0.717) is 33.3 Å². The molecule has 120 valence electrons. The zero-order valence-corrected chi connectivity index (χ0v) is 12.9. The number of anilines is 1. The Morgan fingerprint density at radius 1 is 1.17 bits per heavy atom. The molecule has 3 rings (SSSR count). The van der Waals surface area contributed by atoms with Crippen molar-refractivity contribution in [2.75, 3.05) is 5.32 Å². The molecule has 7 heteroatoms. The summed E-state index contributed by atoms with van der Waals surface area (Å²) < 4.78 is 5.70. The van der Waals surface area contributed by atoms with Crippen molar-refractivity contribution in [2.24, 2.45) is 0 Å². The molecule has 0 aliphatic heterocycles. The van der Waals surface area contributed by atoms with E-state index in [1.165, 1.54) is 0 Å². The summed E-state index contributed by atoms with van der Waals surface area (Å²) in [5.41, 5.74) is 2.23. The van der Waals surface area contributed by atoms with Crippen LogP contribution in [0.15, 0.2) is 59.0 Å². The highest BCUT2D eigenvalue weighted by Crippen LogP contribution is 2.30. The van der Waals surface area contributed by atoms with E-state index in [4.69, 9.17) is 21.1 Å². The SMILES string of the molecule is O=C(O)/C=C/C(=O)Nc1ccc2nc(-c3ccccc3Cl)oc2c1. The number of hydrogen-bond acceptors (Lipinski definition) is 4. The number of rotatable bonds is 4. The van der Waals surface area contributed by atoms with E-state index in [0.717, 1.165) is 12.2 Å². The van der Waals surface area contributed by atoms with E-state index < -0.39 is 11.9 Å². The van der Waals surface area contributed by atoms with Crippen molar-refractivity contribution in [2.45, 2.75) is 0 Å². The van der Waals surface area contributed by atoms with E-state index in [1.807, 2.05) is 12.1 Å². The topological polar surface area (TPSA) is 92.4 Å². The van der Waals surface area contributed by atoms with Gasteiger partial charge in [0.05, 0.1) is 10.6 Å². The Morgan fingerprint density at radius 2 is 1.96 bits per heavy atom. The van der Waals surface area contributed by atoms with Crippen LogP contribution in [0.1, 0.15) is 0 Å². The minimum atomic E-state index is -1.19. The number of hydrogen-bond donors (Lipinski definition) is 2. The van der Waals surface area contributed by atoms with E-state index in [2.05, 4.69) is 10.3 Å². The molecule has 0 fully saturated rings. The molecule has 0 atom stereocenters. The first kappa shape index (κ1) is 15.8. The molecule has 0 saturated carbocycles. The first-order valence-corrected chi connectivity index (χ1v) is 7.28. The summed E-state index contributed by atoms with van der Waals surface area (Å²) in [4.78, 5) is 26.4. The van der Waals surface area contributed by atoms with Gasteiger partial charge in [0, 0.05) is 23.9 Å². The first-order chi connectivity index (χ1) is 11.5. The summed E-state index contributed by atoms with van der Waals surface area (Å²) in [7, 11) is 0. The third-order valence-corrected chi connectivity index (χ3v) is 3.47. The van der Waals surface area contributed by atoms with Crippen LogP contribution in [-0.2, 0) is 9.59 Å². The molecular weight excluding hydrogens is 332 g/mol. The number of aliphatic carboxylic acids is 1. The highest BCUT2D eigenvalue weighted by atomic mass is 35.5. The van der Waals surface area contributed by atoms with E-state index in [-0.39, 0.29) is 0 Å². The number of carboxylic acids is 1. The maximum atomic E-state index is 11.6. The zero-order chi connectivity index (χ0) is 17.1. The average molecular weight is 343 g/mol. The van der Waals surface area contributed by atoms with Gasteiger partial charge in [-0.25, -0.2) is 9.78 Å². The van der Waals surface area contributed by atoms with Crippen molar-refractivity contribution in [3.8, 4) is 11.5 Å². The second kappa shape index (κ2) is 6.55. The lowest BCUT2D eigenvalue weighted by atomic mass is 10.2. The van der Waals surface area contributed by atoms with E-state index in [1.54, 1.807) is 30.3 Å². The van der Waals surface area contributed by atoms with Gasteiger partial charge in [-0.1, -0.05) is 23.7 Å². The predicted octanol–water partition coefficient (Wildman–Crippen LogP) is 3.73. The number of carboxylic acid groups (broad SMARTS) is 1. The number of nitrogens with one attached hydrogen (secondary N) is 1. The van der Waals surface area contributed by atoms with Gasteiger partial charge in [-0.15, -0.1) is 0 Å². The van der Waals surface area contributed by atoms with Gasteiger partial charge in [-0.3, -0.25) is 4.79 Å². The van der Waals surface area contributed by atoms with Gasteiger partial charge >= 0.3 is 5.97 Å². The minimum Gasteiger partial charge on any atom is -0.478 e. The highest BCUT2D eigenvalue weighted by molar-refractivity contribution is 6.33. The molecule has 1 amide bonds. The summed E-state index contributed by atoms with van der Waals surface area (Å²) in [5, 5.41) is 11.6. The smallest absolute Gasteiger partial charge is 0.328 e. The van der Waals surface area contributed by atoms with Gasteiger partial charge < -0.3 is 14.8 Å². The molecule has 1 aromatic heterocycles. The number of carbonyl (C=O) groups excluding carboxylic acids is 1. The largest absolute Gasteiger partial charge is 0.478 e. The molecule has 0 unspecified atom stereocenters. The van der Waals surface area contributed by atoms with Gasteiger partial charge in [-0.2, -0.15) is 0 Å². The molecule has 2 aromatic carbocycles. The standard InChI is InChI=1S/C17H11ClN2O4/c18-12-4-2-1-3-11(12)17-20-13-6-5-10(9-14(13)24-17)19-15(21)7-8-16(22)23/h1-9H,(H,19,21)(H,22,23)/b8-7+. The molecule has 0 bridgehead atoms. The lowest BCUT2D eigenvalue weighted by Crippen LogP contribution is -2.08. The van der Waals surface area contributed by atoms with Gasteiger partial charge in [0.2, 0.25) is 11.8 Å². The van der Waals surface area contributed by atoms with Crippen molar-refractivity contribution in [1.29, 1.82) is 0 Å². The Balaban J connectivity index is 1.88. The Kier molecular flexibility index (Phi) is 4.31. The maximum Gasteiger partial charge on any atom is 0.328 e. The summed E-state index contributed by atoms with van der Waals surface area (Å²) >= 11 is 6.13. The Hall–Kier alpha value is -3.12. The highest BCUT2D eigenvalue weighted by Gasteiger charge is 2.12. The van der Waals surface area contributed by atoms with Gasteiger partial charge in [0.25, 0.3) is 0 Å². The first-order valence-electron chi connectivity index (χ1n) is 6.90. The Bertz CT molecular complexity index is 962. The maximum absolute atomic E-state index is 11.6. The van der Waals surface area contributed by atoms with Crippen molar-refractivity contribution in [3.63, 3.8) is 0 Å². The van der Waals surface area contributed by atoms with Crippen molar-refractivity contribution in [3.05, 3.63) is 59.6 Å². The lowest BCUT2D eigenvalue weighted by molar-refractivity contribution is -0.131. The number of aromatic nitrogens is 1. The number of carbonyl (C=O) groups is 2. The normalized spacial score (nSPS) is 11.0. The molecule has 24 heavy (non-hydrogen) atoms. The quantitative estimate of drug-likeness (QED) is 0.705. The third-order valence-electron chi connectivity index (χ3n) is 3.14. The van der Waals surface area contributed by atoms with E-state index >= 15 is 0 Å². The van der Waals surface area contributed by atoms with Crippen LogP contribution in [-0.4, -0.2) is 22.0 Å². The minimum absolute atomic E-state index is 0.379. The number of fused-ring (bicyclic) bond motifs is 1. The van der Waals surface area contributed by atoms with E-state index in [9.17, 15) is 9.59 Å². The van der Waals surface area contributed by atoms with Crippen LogP contribution < -0.4 is 5.32 Å². The third kappa shape index (κ3) is 3.44. The van der Waals surface area contributed by atoms with Crippen LogP contribution in [0, 0.1) is 0 Å². The fourth-order valence-corrected chi connectivity index (χ4v) is 2.30. The summed E-state index contributed by atoms with van der Waals surface area (Å²) in [6, 6.07) is 12.1. The molecule has 1 heterocycles. The van der Waals surface area contributed by atoms with Crippen molar-refractivity contribution < 1.29 is 19.1 Å². The number of halogens is 1. The molecule has 3 aromatic rings. The molecular formula is C17H11ClN2O4. The summed E-state index contributed by atoms with van der Waals surface area (Å²) in [5.74, 6) is -1.37. The monoisotopic (exact) mass is 342 g/mol. The lowest BCUT2D eigenvalue weighted by Gasteiger charge is -2.00. The Morgan fingerprint density at radius 3 is 2.71 bits per heavy atom.